The van der Waals surface area contributed by atoms with Crippen LogP contribution in [0.3, 0.4) is 0 Å². The van der Waals surface area contributed by atoms with E-state index in [1.807, 2.05) is 25.1 Å². The van der Waals surface area contributed by atoms with Gasteiger partial charge in [-0.15, -0.1) is 0 Å². The van der Waals surface area contributed by atoms with Crippen LogP contribution in [0.5, 0.6) is 11.5 Å². The summed E-state index contributed by atoms with van der Waals surface area (Å²) in [4.78, 5) is 25.6. The standard InChI is InChI=1S/C23H28N2O4/c1-15(23(27)24-18-9-7-17(8-10-18)16(2)26)25-13-5-6-21(25)20-14-19(28-3)11-12-22(20)29-4/h7-12,14-15,21H,5-6,13H2,1-4H3,(H,24,27)/p+1/t15-,21-/m0/s1. The third-order valence-corrected chi connectivity index (χ3v) is 5.73. The molecule has 0 spiro atoms. The second-order valence-corrected chi connectivity index (χ2v) is 7.47. The average Bonchev–Trinajstić information content (AvgIpc) is 3.22. The summed E-state index contributed by atoms with van der Waals surface area (Å²) in [6, 6.07) is 12.8. The highest BCUT2D eigenvalue weighted by Crippen LogP contribution is 2.32. The lowest BCUT2D eigenvalue weighted by molar-refractivity contribution is -0.932. The third kappa shape index (κ3) is 4.59. The van der Waals surface area contributed by atoms with E-state index in [2.05, 4.69) is 5.32 Å². The molecule has 0 aliphatic carbocycles. The number of carbonyl (C=O) groups is 2. The maximum absolute atomic E-state index is 12.9. The monoisotopic (exact) mass is 397 g/mol. The van der Waals surface area contributed by atoms with Gasteiger partial charge in [-0.25, -0.2) is 0 Å². The third-order valence-electron chi connectivity index (χ3n) is 5.73. The van der Waals surface area contributed by atoms with E-state index >= 15 is 0 Å². The summed E-state index contributed by atoms with van der Waals surface area (Å²) in [6.45, 7) is 4.40. The van der Waals surface area contributed by atoms with Crippen molar-refractivity contribution in [1.29, 1.82) is 0 Å². The van der Waals surface area contributed by atoms with Crippen molar-refractivity contribution in [2.24, 2.45) is 0 Å². The zero-order valence-electron chi connectivity index (χ0n) is 17.5. The van der Waals surface area contributed by atoms with Gasteiger partial charge in [0.05, 0.1) is 26.3 Å². The molecule has 0 saturated carbocycles. The van der Waals surface area contributed by atoms with Crippen LogP contribution < -0.4 is 19.7 Å². The van der Waals surface area contributed by atoms with Gasteiger partial charge >= 0.3 is 0 Å². The molecule has 6 heteroatoms. The van der Waals surface area contributed by atoms with Crippen LogP contribution >= 0.6 is 0 Å². The number of anilines is 1. The molecule has 2 aromatic carbocycles. The average molecular weight is 397 g/mol. The van der Waals surface area contributed by atoms with Crippen molar-refractivity contribution in [1.82, 2.24) is 0 Å². The van der Waals surface area contributed by atoms with E-state index in [4.69, 9.17) is 9.47 Å². The van der Waals surface area contributed by atoms with Crippen LogP contribution in [0.2, 0.25) is 0 Å². The number of carbonyl (C=O) groups excluding carboxylic acids is 2. The number of ketones is 1. The molecule has 29 heavy (non-hydrogen) atoms. The fourth-order valence-corrected chi connectivity index (χ4v) is 4.06. The molecule has 1 aliphatic heterocycles. The van der Waals surface area contributed by atoms with E-state index in [-0.39, 0.29) is 23.8 Å². The SMILES string of the molecule is COc1ccc(OC)c([C@@H]2CCC[NH+]2[C@@H](C)C(=O)Nc2ccc(C(C)=O)cc2)c1. The Balaban J connectivity index is 1.76. The minimum absolute atomic E-state index is 0.00725. The van der Waals surface area contributed by atoms with E-state index in [1.54, 1.807) is 38.5 Å². The Morgan fingerprint density at radius 2 is 1.83 bits per heavy atom. The Kier molecular flexibility index (Phi) is 6.54. The molecular weight excluding hydrogens is 368 g/mol. The van der Waals surface area contributed by atoms with Crippen LogP contribution in [0, 0.1) is 0 Å². The van der Waals surface area contributed by atoms with Gasteiger partial charge in [0.2, 0.25) is 0 Å². The number of methoxy groups -OCH3 is 2. The lowest BCUT2D eigenvalue weighted by atomic mass is 10.0. The molecule has 1 unspecified atom stereocenters. The van der Waals surface area contributed by atoms with E-state index in [0.717, 1.165) is 36.4 Å². The van der Waals surface area contributed by atoms with Crippen LogP contribution in [0.15, 0.2) is 42.5 Å². The molecular formula is C23H29N2O4+. The molecule has 2 aromatic rings. The molecule has 6 nitrogen and oxygen atoms in total. The first-order valence-corrected chi connectivity index (χ1v) is 9.94. The molecule has 0 aromatic heterocycles. The second kappa shape index (κ2) is 9.09. The molecule has 0 radical (unpaired) electrons. The number of hydrogen-bond donors (Lipinski definition) is 2. The Bertz CT molecular complexity index is 879. The smallest absolute Gasteiger partial charge is 0.282 e. The van der Waals surface area contributed by atoms with Gasteiger partial charge in [0.25, 0.3) is 5.91 Å². The lowest BCUT2D eigenvalue weighted by Gasteiger charge is -2.28. The number of hydrogen-bond acceptors (Lipinski definition) is 4. The van der Waals surface area contributed by atoms with Crippen molar-refractivity contribution in [3.63, 3.8) is 0 Å². The summed E-state index contributed by atoms with van der Waals surface area (Å²) in [6.07, 6.45) is 2.04. The second-order valence-electron chi connectivity index (χ2n) is 7.47. The highest BCUT2D eigenvalue weighted by molar-refractivity contribution is 5.96. The molecule has 1 heterocycles. The van der Waals surface area contributed by atoms with Crippen LogP contribution in [0.25, 0.3) is 0 Å². The summed E-state index contributed by atoms with van der Waals surface area (Å²) in [5.74, 6) is 1.58. The number of quaternary nitrogens is 1. The highest BCUT2D eigenvalue weighted by atomic mass is 16.5. The zero-order chi connectivity index (χ0) is 21.0. The van der Waals surface area contributed by atoms with Crippen LogP contribution in [-0.2, 0) is 4.79 Å². The number of nitrogens with one attached hydrogen (secondary N) is 2. The molecule has 1 saturated heterocycles. The van der Waals surface area contributed by atoms with E-state index in [9.17, 15) is 9.59 Å². The van der Waals surface area contributed by atoms with Crippen molar-refractivity contribution in [2.45, 2.75) is 38.8 Å². The number of ether oxygens (including phenoxy) is 2. The zero-order valence-corrected chi connectivity index (χ0v) is 17.5. The van der Waals surface area contributed by atoms with Crippen LogP contribution in [-0.4, -0.2) is 38.5 Å². The highest BCUT2D eigenvalue weighted by Gasteiger charge is 2.38. The van der Waals surface area contributed by atoms with Crippen molar-refractivity contribution < 1.29 is 24.0 Å². The molecule has 3 atom stereocenters. The van der Waals surface area contributed by atoms with Gasteiger partial charge in [0, 0.05) is 24.1 Å². The Morgan fingerprint density at radius 3 is 2.45 bits per heavy atom. The molecule has 1 amide bonds. The van der Waals surface area contributed by atoms with Gasteiger partial charge in [-0.1, -0.05) is 0 Å². The molecule has 1 aliphatic rings. The fourth-order valence-electron chi connectivity index (χ4n) is 4.06. The molecule has 0 bridgehead atoms. The van der Waals surface area contributed by atoms with Crippen molar-refractivity contribution in [3.8, 4) is 11.5 Å². The number of Topliss-reactive ketones (excluding diaryl/α,β-unsaturated/α-hetero) is 1. The minimum Gasteiger partial charge on any atom is -0.497 e. The summed E-state index contributed by atoms with van der Waals surface area (Å²) in [5.41, 5.74) is 2.40. The van der Waals surface area contributed by atoms with Gasteiger partial charge in [-0.2, -0.15) is 0 Å². The van der Waals surface area contributed by atoms with Crippen molar-refractivity contribution >= 4 is 17.4 Å². The summed E-state index contributed by atoms with van der Waals surface area (Å²) in [7, 11) is 3.32. The number of amides is 1. The van der Waals surface area contributed by atoms with Crippen molar-refractivity contribution in [3.05, 3.63) is 53.6 Å². The first-order chi connectivity index (χ1) is 13.9. The van der Waals surface area contributed by atoms with Gasteiger partial charge in [0.1, 0.15) is 17.5 Å². The van der Waals surface area contributed by atoms with E-state index in [1.165, 1.54) is 11.8 Å². The quantitative estimate of drug-likeness (QED) is 0.705. The van der Waals surface area contributed by atoms with Crippen molar-refractivity contribution in [2.75, 3.05) is 26.1 Å². The van der Waals surface area contributed by atoms with Crippen LogP contribution in [0.1, 0.15) is 48.7 Å². The van der Waals surface area contributed by atoms with Gasteiger partial charge < -0.3 is 19.7 Å². The Morgan fingerprint density at radius 1 is 1.10 bits per heavy atom. The maximum atomic E-state index is 12.9. The Labute approximate surface area is 171 Å². The van der Waals surface area contributed by atoms with Gasteiger partial charge in [0.15, 0.2) is 11.8 Å². The van der Waals surface area contributed by atoms with E-state index in [0.29, 0.717) is 11.3 Å². The fraction of sp³-hybridized carbons (Fsp3) is 0.391. The molecule has 154 valence electrons. The summed E-state index contributed by atoms with van der Waals surface area (Å²) in [5, 5.41) is 2.98. The number of benzene rings is 2. The first kappa shape index (κ1) is 20.9. The Hall–Kier alpha value is -2.86. The normalized spacial score (nSPS) is 19.4. The predicted molar refractivity (Wildman–Crippen MR) is 112 cm³/mol. The van der Waals surface area contributed by atoms with E-state index < -0.39 is 0 Å². The minimum atomic E-state index is -0.231. The lowest BCUT2D eigenvalue weighted by Crippen LogP contribution is -3.15. The number of likely N-dealkylation sites (tertiary alicyclic amines) is 1. The largest absolute Gasteiger partial charge is 0.497 e. The molecule has 3 rings (SSSR count). The molecule has 2 N–H and O–H groups in total. The first-order valence-electron chi connectivity index (χ1n) is 9.94. The maximum Gasteiger partial charge on any atom is 0.282 e. The predicted octanol–water partition coefficient (Wildman–Crippen LogP) is 2.65. The molecule has 1 fully saturated rings. The van der Waals surface area contributed by atoms with Crippen LogP contribution in [0.4, 0.5) is 5.69 Å². The summed E-state index contributed by atoms with van der Waals surface area (Å²) < 4.78 is 11.0. The number of rotatable bonds is 7. The summed E-state index contributed by atoms with van der Waals surface area (Å²) >= 11 is 0. The van der Waals surface area contributed by atoms with Gasteiger partial charge in [-0.05, 0) is 56.3 Å². The topological polar surface area (TPSA) is 69.1 Å². The van der Waals surface area contributed by atoms with Gasteiger partial charge in [-0.3, -0.25) is 9.59 Å².